The van der Waals surface area contributed by atoms with E-state index in [9.17, 15) is 22.8 Å². The second-order valence-corrected chi connectivity index (χ2v) is 5.90. The van der Waals surface area contributed by atoms with Crippen molar-refractivity contribution in [2.24, 2.45) is 0 Å². The summed E-state index contributed by atoms with van der Waals surface area (Å²) in [6, 6.07) is 6.59. The summed E-state index contributed by atoms with van der Waals surface area (Å²) in [4.78, 5) is 23.8. The summed E-state index contributed by atoms with van der Waals surface area (Å²) in [5.74, 6) is -0.363. The van der Waals surface area contributed by atoms with Crippen LogP contribution in [-0.2, 0) is 16.1 Å². The van der Waals surface area contributed by atoms with E-state index in [0.29, 0.717) is 16.1 Å². The van der Waals surface area contributed by atoms with Crippen LogP contribution in [0.4, 0.5) is 24.7 Å². The van der Waals surface area contributed by atoms with Gasteiger partial charge in [0.25, 0.3) is 0 Å². The Morgan fingerprint density at radius 1 is 1.18 bits per heavy atom. The maximum Gasteiger partial charge on any atom is 0.408 e. The third-order valence-electron chi connectivity index (χ3n) is 3.49. The Balaban J connectivity index is 1.77. The van der Waals surface area contributed by atoms with Crippen molar-refractivity contribution < 1.29 is 27.5 Å². The molecule has 3 N–H and O–H groups in total. The molecule has 11 heteroatoms. The number of aryl methyl sites for hydroxylation is 1. The fourth-order valence-corrected chi connectivity index (χ4v) is 2.25. The maximum absolute atomic E-state index is 12.3. The summed E-state index contributed by atoms with van der Waals surface area (Å²) >= 11 is 0. The standard InChI is InChI=1S/C17H20F3N5O3/c1-11-3-4-13(28-2)12(7-11)23-16(27)9-22-15(26)8-21-14-5-6-25(24-14)10-17(18,19)20/h3-7H,8-10H2,1-2H3,(H,21,24)(H,22,26)(H,23,27). The monoisotopic (exact) mass is 399 g/mol. The van der Waals surface area contributed by atoms with Gasteiger partial charge >= 0.3 is 6.18 Å². The van der Waals surface area contributed by atoms with Gasteiger partial charge in [-0.05, 0) is 24.6 Å². The summed E-state index contributed by atoms with van der Waals surface area (Å²) in [6.07, 6.45) is -3.23. The van der Waals surface area contributed by atoms with Gasteiger partial charge in [0.05, 0.1) is 25.9 Å². The molecule has 0 radical (unpaired) electrons. The first-order chi connectivity index (χ1) is 13.2. The van der Waals surface area contributed by atoms with Gasteiger partial charge in [-0.3, -0.25) is 14.3 Å². The molecule has 28 heavy (non-hydrogen) atoms. The first kappa shape index (κ1) is 21.1. The lowest BCUT2D eigenvalue weighted by atomic mass is 10.2. The summed E-state index contributed by atoms with van der Waals surface area (Å²) in [5.41, 5.74) is 1.41. The van der Waals surface area contributed by atoms with Crippen molar-refractivity contribution in [3.05, 3.63) is 36.0 Å². The molecule has 0 saturated heterocycles. The Morgan fingerprint density at radius 2 is 1.93 bits per heavy atom. The van der Waals surface area contributed by atoms with Crippen molar-refractivity contribution in [3.63, 3.8) is 0 Å². The molecule has 0 aliphatic heterocycles. The number of hydrogen-bond donors (Lipinski definition) is 3. The summed E-state index contributed by atoms with van der Waals surface area (Å²) in [7, 11) is 1.48. The minimum atomic E-state index is -4.38. The minimum Gasteiger partial charge on any atom is -0.495 e. The van der Waals surface area contributed by atoms with E-state index in [0.717, 1.165) is 11.8 Å². The van der Waals surface area contributed by atoms with Crippen molar-refractivity contribution in [2.75, 3.05) is 30.8 Å². The molecule has 2 amide bonds. The topological polar surface area (TPSA) is 97.3 Å². The van der Waals surface area contributed by atoms with Crippen LogP contribution in [0.2, 0.25) is 0 Å². The minimum absolute atomic E-state index is 0.119. The van der Waals surface area contributed by atoms with Gasteiger partial charge in [0.1, 0.15) is 18.1 Å². The van der Waals surface area contributed by atoms with Crippen molar-refractivity contribution >= 4 is 23.3 Å². The number of halogens is 3. The second kappa shape index (κ2) is 9.11. The molecule has 2 aromatic rings. The van der Waals surface area contributed by atoms with Crippen molar-refractivity contribution in [2.45, 2.75) is 19.6 Å². The Hall–Kier alpha value is -3.24. The number of carbonyl (C=O) groups excluding carboxylic acids is 2. The average molecular weight is 399 g/mol. The predicted molar refractivity (Wildman–Crippen MR) is 96.1 cm³/mol. The van der Waals surface area contributed by atoms with Crippen LogP contribution in [0.5, 0.6) is 5.75 Å². The zero-order valence-corrected chi connectivity index (χ0v) is 15.3. The van der Waals surface area contributed by atoms with Gasteiger partial charge in [0.2, 0.25) is 11.8 Å². The third kappa shape index (κ3) is 6.82. The molecule has 1 aromatic carbocycles. The Bertz CT molecular complexity index is 836. The Morgan fingerprint density at radius 3 is 2.61 bits per heavy atom. The largest absolute Gasteiger partial charge is 0.495 e. The summed E-state index contributed by atoms with van der Waals surface area (Å²) < 4.78 is 42.7. The summed E-state index contributed by atoms with van der Waals surface area (Å²) in [6.45, 7) is 0.117. The third-order valence-corrected chi connectivity index (χ3v) is 3.49. The molecule has 8 nitrogen and oxygen atoms in total. The lowest BCUT2D eigenvalue weighted by molar-refractivity contribution is -0.142. The molecule has 0 bridgehead atoms. The molecule has 1 aromatic heterocycles. The number of aromatic nitrogens is 2. The number of nitrogens with one attached hydrogen (secondary N) is 3. The van der Waals surface area contributed by atoms with Gasteiger partial charge in [-0.25, -0.2) is 0 Å². The highest BCUT2D eigenvalue weighted by Gasteiger charge is 2.28. The van der Waals surface area contributed by atoms with Gasteiger partial charge in [-0.2, -0.15) is 18.3 Å². The normalized spacial score (nSPS) is 11.0. The molecule has 0 atom stereocenters. The highest BCUT2D eigenvalue weighted by atomic mass is 19.4. The van der Waals surface area contributed by atoms with Crippen LogP contribution in [0.15, 0.2) is 30.5 Å². The maximum atomic E-state index is 12.3. The number of methoxy groups -OCH3 is 1. The molecule has 0 fully saturated rings. The lowest BCUT2D eigenvalue weighted by Crippen LogP contribution is -2.36. The van der Waals surface area contributed by atoms with Crippen LogP contribution in [-0.4, -0.2) is 48.0 Å². The van der Waals surface area contributed by atoms with E-state index in [1.165, 1.54) is 13.2 Å². The molecule has 0 aliphatic rings. The fourth-order valence-electron chi connectivity index (χ4n) is 2.25. The van der Waals surface area contributed by atoms with Gasteiger partial charge in [-0.15, -0.1) is 0 Å². The van der Waals surface area contributed by atoms with Gasteiger partial charge in [0.15, 0.2) is 0 Å². The highest BCUT2D eigenvalue weighted by molar-refractivity contribution is 5.96. The SMILES string of the molecule is COc1ccc(C)cc1NC(=O)CNC(=O)CNc1ccn(CC(F)(F)F)n1. The molecule has 0 unspecified atom stereocenters. The van der Waals surface area contributed by atoms with Crippen LogP contribution in [0.3, 0.4) is 0 Å². The number of hydrogen-bond acceptors (Lipinski definition) is 5. The smallest absolute Gasteiger partial charge is 0.408 e. The van der Waals surface area contributed by atoms with E-state index >= 15 is 0 Å². The van der Waals surface area contributed by atoms with Crippen molar-refractivity contribution in [1.82, 2.24) is 15.1 Å². The fraction of sp³-hybridized carbons (Fsp3) is 0.353. The van der Waals surface area contributed by atoms with Crippen LogP contribution >= 0.6 is 0 Å². The second-order valence-electron chi connectivity index (χ2n) is 5.90. The number of alkyl halides is 3. The van der Waals surface area contributed by atoms with E-state index in [2.05, 4.69) is 21.0 Å². The van der Waals surface area contributed by atoms with E-state index < -0.39 is 24.5 Å². The number of amides is 2. The first-order valence-corrected chi connectivity index (χ1v) is 8.21. The molecule has 0 aliphatic carbocycles. The molecular weight excluding hydrogens is 379 g/mol. The number of ether oxygens (including phenoxy) is 1. The quantitative estimate of drug-likeness (QED) is 0.630. The van der Waals surface area contributed by atoms with Crippen LogP contribution in [0, 0.1) is 6.92 Å². The predicted octanol–water partition coefficient (Wildman–Crippen LogP) is 1.93. The van der Waals surface area contributed by atoms with E-state index in [1.807, 2.05) is 13.0 Å². The molecule has 2 rings (SSSR count). The van der Waals surface area contributed by atoms with Gasteiger partial charge < -0.3 is 20.7 Å². The zero-order valence-electron chi connectivity index (χ0n) is 15.3. The molecule has 0 spiro atoms. The van der Waals surface area contributed by atoms with Crippen molar-refractivity contribution in [3.8, 4) is 5.75 Å². The van der Waals surface area contributed by atoms with E-state index in [-0.39, 0.29) is 18.9 Å². The van der Waals surface area contributed by atoms with Crippen LogP contribution in [0.1, 0.15) is 5.56 Å². The number of carbonyl (C=O) groups is 2. The molecule has 1 heterocycles. The molecule has 152 valence electrons. The summed E-state index contributed by atoms with van der Waals surface area (Å²) in [5, 5.41) is 11.3. The van der Waals surface area contributed by atoms with E-state index in [1.54, 1.807) is 12.1 Å². The number of rotatable bonds is 8. The highest BCUT2D eigenvalue weighted by Crippen LogP contribution is 2.24. The van der Waals surface area contributed by atoms with Gasteiger partial charge in [0, 0.05) is 12.3 Å². The Labute approximate surface area is 159 Å². The molecular formula is C17H20F3N5O3. The lowest BCUT2D eigenvalue weighted by Gasteiger charge is -2.11. The number of nitrogens with zero attached hydrogens (tertiary/aromatic N) is 2. The molecule has 0 saturated carbocycles. The average Bonchev–Trinajstić information content (AvgIpc) is 3.04. The number of benzene rings is 1. The first-order valence-electron chi connectivity index (χ1n) is 8.21. The van der Waals surface area contributed by atoms with E-state index in [4.69, 9.17) is 4.74 Å². The van der Waals surface area contributed by atoms with Crippen LogP contribution < -0.4 is 20.7 Å². The number of anilines is 2. The van der Waals surface area contributed by atoms with Gasteiger partial charge in [-0.1, -0.05) is 6.07 Å². The zero-order chi connectivity index (χ0) is 20.7. The van der Waals surface area contributed by atoms with Crippen molar-refractivity contribution in [1.29, 1.82) is 0 Å². The van der Waals surface area contributed by atoms with Crippen LogP contribution in [0.25, 0.3) is 0 Å². The Kier molecular flexibility index (Phi) is 6.85.